The molecule has 0 aliphatic rings. The van der Waals surface area contributed by atoms with Gasteiger partial charge in [0.25, 0.3) is 0 Å². The van der Waals surface area contributed by atoms with Crippen molar-refractivity contribution < 1.29 is 4.55 Å². The highest BCUT2D eigenvalue weighted by molar-refractivity contribution is 8.13. The molecule has 0 bridgehead atoms. The molecule has 0 spiro atoms. The molecule has 0 saturated heterocycles. The summed E-state index contributed by atoms with van der Waals surface area (Å²) in [6.45, 7) is 1.78. The van der Waals surface area contributed by atoms with Gasteiger partial charge in [-0.25, -0.2) is 4.98 Å². The molecule has 0 N–H and O–H groups in total. The van der Waals surface area contributed by atoms with Gasteiger partial charge in [-0.15, -0.1) is 0 Å². The number of pyridine rings is 1. The molecule has 0 aliphatic heterocycles. The van der Waals surface area contributed by atoms with Crippen LogP contribution >= 0.6 is 22.3 Å². The minimum atomic E-state index is -1.50. The second kappa shape index (κ2) is 3.63. The van der Waals surface area contributed by atoms with Crippen molar-refractivity contribution in [3.63, 3.8) is 0 Å². The van der Waals surface area contributed by atoms with Gasteiger partial charge in [0, 0.05) is 6.07 Å². The molecular formula is C6H5Cl2NOS. The molecule has 0 saturated carbocycles. The summed E-state index contributed by atoms with van der Waals surface area (Å²) in [5.41, 5.74) is 0.776. The van der Waals surface area contributed by atoms with E-state index in [1.807, 2.05) is 0 Å². The van der Waals surface area contributed by atoms with Gasteiger partial charge in [-0.1, -0.05) is 11.6 Å². The van der Waals surface area contributed by atoms with Crippen LogP contribution in [0.15, 0.2) is 17.2 Å². The molecule has 11 heavy (non-hydrogen) atoms. The number of rotatable bonds is 1. The summed E-state index contributed by atoms with van der Waals surface area (Å²) in [4.78, 5) is 4.27. The van der Waals surface area contributed by atoms with Gasteiger partial charge in [-0.2, -0.15) is 0 Å². The second-order valence-electron chi connectivity index (χ2n) is 2.00. The van der Waals surface area contributed by atoms with Crippen LogP contribution in [0.2, 0.25) is 5.15 Å². The minimum Gasteiger partial charge on any atom is -0.594 e. The number of nitrogens with zero attached hydrogens (tertiary/aromatic N) is 1. The average molecular weight is 210 g/mol. The number of aryl methyl sites for hydroxylation is 1. The first kappa shape index (κ1) is 9.13. The molecule has 0 fully saturated rings. The predicted octanol–water partition coefficient (Wildman–Crippen LogP) is 2.30. The first-order valence-corrected chi connectivity index (χ1v) is 5.17. The molecule has 0 amide bonds. The number of aromatic nitrogens is 1. The van der Waals surface area contributed by atoms with E-state index < -0.39 is 10.4 Å². The van der Waals surface area contributed by atoms with E-state index in [0.717, 1.165) is 5.56 Å². The van der Waals surface area contributed by atoms with Crippen LogP contribution in [0.1, 0.15) is 5.56 Å². The number of hydrogen-bond donors (Lipinski definition) is 0. The molecular weight excluding hydrogens is 205 g/mol. The zero-order valence-corrected chi connectivity index (χ0v) is 8.00. The zero-order valence-electron chi connectivity index (χ0n) is 5.67. The lowest BCUT2D eigenvalue weighted by Gasteiger charge is -2.00. The lowest BCUT2D eigenvalue weighted by atomic mass is 10.3. The fraction of sp³-hybridized carbons (Fsp3) is 0.167. The average Bonchev–Trinajstić information content (AvgIpc) is 1.94. The molecule has 2 nitrogen and oxygen atoms in total. The van der Waals surface area contributed by atoms with Crippen LogP contribution in [-0.4, -0.2) is 9.54 Å². The second-order valence-corrected chi connectivity index (χ2v) is 4.12. The van der Waals surface area contributed by atoms with E-state index in [2.05, 4.69) is 4.98 Å². The van der Waals surface area contributed by atoms with Crippen LogP contribution in [0.4, 0.5) is 0 Å². The van der Waals surface area contributed by atoms with Gasteiger partial charge in [-0.05, 0) is 12.5 Å². The van der Waals surface area contributed by atoms with Crippen molar-refractivity contribution >= 4 is 32.7 Å². The molecule has 0 aromatic carbocycles. The first-order valence-electron chi connectivity index (χ1n) is 2.81. The van der Waals surface area contributed by atoms with Crippen LogP contribution in [0.5, 0.6) is 0 Å². The highest BCUT2D eigenvalue weighted by atomic mass is 35.7. The maximum absolute atomic E-state index is 10.7. The van der Waals surface area contributed by atoms with Crippen molar-refractivity contribution in [1.29, 1.82) is 0 Å². The maximum atomic E-state index is 10.7. The third-order valence-electron chi connectivity index (χ3n) is 1.17. The topological polar surface area (TPSA) is 36.0 Å². The Labute approximate surface area is 77.2 Å². The lowest BCUT2D eigenvalue weighted by molar-refractivity contribution is 0.608. The molecule has 1 atom stereocenters. The molecule has 5 heteroatoms. The van der Waals surface area contributed by atoms with E-state index >= 15 is 0 Å². The van der Waals surface area contributed by atoms with E-state index in [1.54, 1.807) is 13.0 Å². The van der Waals surface area contributed by atoms with Crippen LogP contribution in [0, 0.1) is 6.92 Å². The first-order chi connectivity index (χ1) is 5.11. The van der Waals surface area contributed by atoms with Crippen LogP contribution in [0.25, 0.3) is 0 Å². The molecule has 0 aliphatic carbocycles. The van der Waals surface area contributed by atoms with Crippen molar-refractivity contribution in [3.05, 3.63) is 23.0 Å². The fourth-order valence-corrected chi connectivity index (χ4v) is 1.38. The molecule has 1 heterocycles. The highest BCUT2D eigenvalue weighted by Crippen LogP contribution is 2.18. The third kappa shape index (κ3) is 2.24. The lowest BCUT2D eigenvalue weighted by Crippen LogP contribution is -1.93. The van der Waals surface area contributed by atoms with Crippen molar-refractivity contribution in [3.8, 4) is 0 Å². The van der Waals surface area contributed by atoms with Gasteiger partial charge in [0.2, 0.25) is 0 Å². The Hall–Kier alpha value is 0.0400. The SMILES string of the molecule is Cc1cc([S+]([O-])Cl)cnc1Cl. The van der Waals surface area contributed by atoms with Gasteiger partial charge in [0.05, 0.1) is 6.20 Å². The van der Waals surface area contributed by atoms with Gasteiger partial charge in [0.15, 0.2) is 15.6 Å². The minimum absolute atomic E-state index is 0.413. The van der Waals surface area contributed by atoms with Crippen molar-refractivity contribution in [2.75, 3.05) is 0 Å². The number of halogens is 2. The van der Waals surface area contributed by atoms with E-state index in [9.17, 15) is 4.55 Å². The summed E-state index contributed by atoms with van der Waals surface area (Å²) in [5.74, 6) is 0. The third-order valence-corrected chi connectivity index (χ3v) is 2.70. The van der Waals surface area contributed by atoms with Crippen molar-refractivity contribution in [2.45, 2.75) is 11.8 Å². The van der Waals surface area contributed by atoms with Gasteiger partial charge in [0.1, 0.15) is 15.5 Å². The Bertz CT molecular complexity index is 267. The zero-order chi connectivity index (χ0) is 8.43. The molecule has 0 radical (unpaired) electrons. The molecule has 1 rings (SSSR count). The Balaban J connectivity index is 3.05. The summed E-state index contributed by atoms with van der Waals surface area (Å²) in [7, 11) is 3.82. The van der Waals surface area contributed by atoms with E-state index in [0.29, 0.717) is 10.0 Å². The molecule has 60 valence electrons. The summed E-state index contributed by atoms with van der Waals surface area (Å²) >= 11 is 5.63. The fourth-order valence-electron chi connectivity index (χ4n) is 0.620. The van der Waals surface area contributed by atoms with Gasteiger partial charge < -0.3 is 4.55 Å². The monoisotopic (exact) mass is 209 g/mol. The Kier molecular flexibility index (Phi) is 3.01. The van der Waals surface area contributed by atoms with E-state index in [4.69, 9.17) is 22.3 Å². The molecule has 1 aromatic rings. The van der Waals surface area contributed by atoms with Crippen LogP contribution in [0.3, 0.4) is 0 Å². The van der Waals surface area contributed by atoms with Gasteiger partial charge >= 0.3 is 0 Å². The van der Waals surface area contributed by atoms with Crippen LogP contribution in [-0.2, 0) is 10.4 Å². The summed E-state index contributed by atoms with van der Waals surface area (Å²) in [6, 6.07) is 1.65. The normalized spacial score (nSPS) is 13.1. The number of hydrogen-bond acceptors (Lipinski definition) is 2. The summed E-state index contributed by atoms with van der Waals surface area (Å²) in [5, 5.41) is 0.413. The van der Waals surface area contributed by atoms with Crippen molar-refractivity contribution in [1.82, 2.24) is 4.98 Å². The Morgan fingerprint density at radius 1 is 1.64 bits per heavy atom. The van der Waals surface area contributed by atoms with Gasteiger partial charge in [-0.3, -0.25) is 0 Å². The smallest absolute Gasteiger partial charge is 0.191 e. The Morgan fingerprint density at radius 2 is 2.27 bits per heavy atom. The predicted molar refractivity (Wildman–Crippen MR) is 46.2 cm³/mol. The van der Waals surface area contributed by atoms with E-state index in [-0.39, 0.29) is 0 Å². The summed E-state index contributed by atoms with van der Waals surface area (Å²) < 4.78 is 10.7. The highest BCUT2D eigenvalue weighted by Gasteiger charge is 2.09. The van der Waals surface area contributed by atoms with E-state index in [1.165, 1.54) is 6.20 Å². The van der Waals surface area contributed by atoms with Crippen molar-refractivity contribution in [2.24, 2.45) is 0 Å². The largest absolute Gasteiger partial charge is 0.594 e. The quantitative estimate of drug-likeness (QED) is 0.526. The standard InChI is InChI=1S/C6H5Cl2NOS/c1-4-2-5(11(8)10)3-9-6(4)7/h2-3H,1H3. The van der Waals surface area contributed by atoms with Crippen LogP contribution < -0.4 is 0 Å². The Morgan fingerprint density at radius 3 is 2.73 bits per heavy atom. The molecule has 1 unspecified atom stereocenters. The maximum Gasteiger partial charge on any atom is 0.191 e. The summed E-state index contributed by atoms with van der Waals surface area (Å²) in [6.07, 6.45) is 1.40. The molecule has 1 aromatic heterocycles.